The van der Waals surface area contributed by atoms with Crippen molar-refractivity contribution in [1.29, 1.82) is 0 Å². The van der Waals surface area contributed by atoms with Gasteiger partial charge >= 0.3 is 6.18 Å². The number of rotatable bonds is 3. The summed E-state index contributed by atoms with van der Waals surface area (Å²) in [6, 6.07) is 3.71. The van der Waals surface area contributed by atoms with Gasteiger partial charge in [-0.25, -0.2) is 8.42 Å². The Balaban J connectivity index is 2.26. The van der Waals surface area contributed by atoms with E-state index in [0.29, 0.717) is 18.9 Å². The number of sulfonamides is 1. The summed E-state index contributed by atoms with van der Waals surface area (Å²) in [4.78, 5) is 1.78. The zero-order chi connectivity index (χ0) is 16.5. The molecule has 8 heteroatoms. The molecule has 1 saturated heterocycles. The standard InChI is InChI=1S/C14H19F3N2O2S/c1-18-8-6-12(7-9-18)19(2)22(20,21)13-5-3-4-11(10-13)14(15,16)17/h3-5,10,12H,6-9H2,1-2H3. The second-order valence-electron chi connectivity index (χ2n) is 5.58. The number of alkyl halides is 3. The van der Waals surface area contributed by atoms with Crippen molar-refractivity contribution < 1.29 is 21.6 Å². The van der Waals surface area contributed by atoms with Gasteiger partial charge in [-0.05, 0) is 51.2 Å². The molecule has 0 N–H and O–H groups in total. The third-order valence-corrected chi connectivity index (χ3v) is 5.95. The second-order valence-corrected chi connectivity index (χ2v) is 7.58. The number of nitrogens with zero attached hydrogens (tertiary/aromatic N) is 2. The quantitative estimate of drug-likeness (QED) is 0.851. The van der Waals surface area contributed by atoms with E-state index in [-0.39, 0.29) is 10.9 Å². The molecule has 0 aromatic heterocycles. The fraction of sp³-hybridized carbons (Fsp3) is 0.571. The summed E-state index contributed by atoms with van der Waals surface area (Å²) in [5, 5.41) is 0. The summed E-state index contributed by atoms with van der Waals surface area (Å²) in [6.07, 6.45) is -3.21. The molecule has 4 nitrogen and oxygen atoms in total. The van der Waals surface area contributed by atoms with Crippen molar-refractivity contribution >= 4 is 10.0 Å². The molecule has 0 radical (unpaired) electrons. The van der Waals surface area contributed by atoms with Crippen LogP contribution >= 0.6 is 0 Å². The topological polar surface area (TPSA) is 40.6 Å². The lowest BCUT2D eigenvalue weighted by Crippen LogP contribution is -2.44. The lowest BCUT2D eigenvalue weighted by molar-refractivity contribution is -0.137. The highest BCUT2D eigenvalue weighted by Crippen LogP contribution is 2.31. The van der Waals surface area contributed by atoms with Crippen LogP contribution in [0, 0.1) is 0 Å². The molecule has 0 atom stereocenters. The molecular weight excluding hydrogens is 317 g/mol. The van der Waals surface area contributed by atoms with E-state index in [0.717, 1.165) is 25.2 Å². The fourth-order valence-corrected chi connectivity index (χ4v) is 4.02. The lowest BCUT2D eigenvalue weighted by Gasteiger charge is -2.34. The van der Waals surface area contributed by atoms with Gasteiger partial charge in [-0.3, -0.25) is 0 Å². The van der Waals surface area contributed by atoms with E-state index >= 15 is 0 Å². The van der Waals surface area contributed by atoms with E-state index in [1.807, 2.05) is 7.05 Å². The minimum absolute atomic E-state index is 0.184. The Kier molecular flexibility index (Phi) is 4.84. The maximum Gasteiger partial charge on any atom is 0.416 e. The van der Waals surface area contributed by atoms with Crippen molar-refractivity contribution in [3.8, 4) is 0 Å². The first-order valence-corrected chi connectivity index (χ1v) is 8.40. The van der Waals surface area contributed by atoms with Crippen molar-refractivity contribution in [2.45, 2.75) is 30.0 Å². The number of piperidine rings is 1. The molecule has 1 aromatic carbocycles. The molecule has 0 saturated carbocycles. The highest BCUT2D eigenvalue weighted by molar-refractivity contribution is 7.89. The van der Waals surface area contributed by atoms with Crippen LogP contribution < -0.4 is 0 Å². The maximum atomic E-state index is 12.7. The Hall–Kier alpha value is -1.12. The van der Waals surface area contributed by atoms with E-state index in [1.165, 1.54) is 17.4 Å². The van der Waals surface area contributed by atoms with Crippen LogP contribution in [-0.4, -0.2) is 50.8 Å². The first kappa shape index (κ1) is 17.2. The van der Waals surface area contributed by atoms with Gasteiger partial charge < -0.3 is 4.90 Å². The van der Waals surface area contributed by atoms with Crippen LogP contribution in [0.2, 0.25) is 0 Å². The van der Waals surface area contributed by atoms with E-state index < -0.39 is 21.8 Å². The van der Waals surface area contributed by atoms with E-state index in [2.05, 4.69) is 4.90 Å². The molecule has 124 valence electrons. The van der Waals surface area contributed by atoms with Crippen molar-refractivity contribution in [2.24, 2.45) is 0 Å². The number of benzene rings is 1. The van der Waals surface area contributed by atoms with Crippen LogP contribution in [0.3, 0.4) is 0 Å². The normalized spacial score (nSPS) is 18.8. The van der Waals surface area contributed by atoms with E-state index in [1.54, 1.807) is 0 Å². The summed E-state index contributed by atoms with van der Waals surface area (Å²) in [6.45, 7) is 1.54. The average Bonchev–Trinajstić information content (AvgIpc) is 2.46. The second kappa shape index (κ2) is 6.17. The third-order valence-electron chi connectivity index (χ3n) is 4.04. The average molecular weight is 336 g/mol. The predicted octanol–water partition coefficient (Wildman–Crippen LogP) is 2.42. The van der Waals surface area contributed by atoms with Gasteiger partial charge in [-0.1, -0.05) is 6.07 Å². The molecule has 1 heterocycles. The molecule has 1 aliphatic heterocycles. The van der Waals surface area contributed by atoms with Crippen molar-refractivity contribution in [3.05, 3.63) is 29.8 Å². The molecule has 1 aromatic rings. The predicted molar refractivity (Wildman–Crippen MR) is 76.9 cm³/mol. The molecule has 22 heavy (non-hydrogen) atoms. The summed E-state index contributed by atoms with van der Waals surface area (Å²) in [5.74, 6) is 0. The Morgan fingerprint density at radius 3 is 2.36 bits per heavy atom. The highest BCUT2D eigenvalue weighted by atomic mass is 32.2. The van der Waals surface area contributed by atoms with Gasteiger partial charge in [0.15, 0.2) is 0 Å². The zero-order valence-electron chi connectivity index (χ0n) is 12.5. The molecule has 1 fully saturated rings. The van der Waals surface area contributed by atoms with Gasteiger partial charge in [0.05, 0.1) is 10.5 Å². The molecule has 0 amide bonds. The minimum atomic E-state index is -4.56. The van der Waals surface area contributed by atoms with Crippen LogP contribution in [0.25, 0.3) is 0 Å². The van der Waals surface area contributed by atoms with E-state index in [4.69, 9.17) is 0 Å². The smallest absolute Gasteiger partial charge is 0.306 e. The van der Waals surface area contributed by atoms with Crippen LogP contribution in [0.4, 0.5) is 13.2 Å². The van der Waals surface area contributed by atoms with Crippen LogP contribution in [-0.2, 0) is 16.2 Å². The van der Waals surface area contributed by atoms with Crippen LogP contribution in [0.5, 0.6) is 0 Å². The Morgan fingerprint density at radius 1 is 1.23 bits per heavy atom. The fourth-order valence-electron chi connectivity index (χ4n) is 2.55. The number of hydrogen-bond donors (Lipinski definition) is 0. The molecule has 2 rings (SSSR count). The lowest BCUT2D eigenvalue weighted by atomic mass is 10.1. The van der Waals surface area contributed by atoms with Gasteiger partial charge in [0.1, 0.15) is 0 Å². The third kappa shape index (κ3) is 3.61. The first-order valence-electron chi connectivity index (χ1n) is 6.96. The SMILES string of the molecule is CN1CCC(N(C)S(=O)(=O)c2cccc(C(F)(F)F)c2)CC1. The maximum absolute atomic E-state index is 12.7. The monoisotopic (exact) mass is 336 g/mol. The van der Waals surface area contributed by atoms with Gasteiger partial charge in [0, 0.05) is 13.1 Å². The molecule has 1 aliphatic rings. The van der Waals surface area contributed by atoms with Gasteiger partial charge in [-0.2, -0.15) is 17.5 Å². The molecule has 0 aliphatic carbocycles. The zero-order valence-corrected chi connectivity index (χ0v) is 13.3. The number of halogens is 3. The van der Waals surface area contributed by atoms with Gasteiger partial charge in [0.2, 0.25) is 10.0 Å². The largest absolute Gasteiger partial charge is 0.416 e. The van der Waals surface area contributed by atoms with Gasteiger partial charge in [0.25, 0.3) is 0 Å². The Bertz CT molecular complexity index is 623. The highest BCUT2D eigenvalue weighted by Gasteiger charge is 2.34. The van der Waals surface area contributed by atoms with Crippen molar-refractivity contribution in [2.75, 3.05) is 27.2 Å². The summed E-state index contributed by atoms with van der Waals surface area (Å²) < 4.78 is 64.5. The summed E-state index contributed by atoms with van der Waals surface area (Å²) in [7, 11) is -0.532. The van der Waals surface area contributed by atoms with Crippen LogP contribution in [0.1, 0.15) is 18.4 Å². The van der Waals surface area contributed by atoms with Crippen LogP contribution in [0.15, 0.2) is 29.2 Å². The summed E-state index contributed by atoms with van der Waals surface area (Å²) in [5.41, 5.74) is -0.953. The molecule has 0 unspecified atom stereocenters. The number of likely N-dealkylation sites (tertiary alicyclic amines) is 1. The minimum Gasteiger partial charge on any atom is -0.306 e. The molecule has 0 spiro atoms. The molecular formula is C14H19F3N2O2S. The Labute approximate surface area is 128 Å². The number of hydrogen-bond acceptors (Lipinski definition) is 3. The van der Waals surface area contributed by atoms with E-state index in [9.17, 15) is 21.6 Å². The van der Waals surface area contributed by atoms with Crippen molar-refractivity contribution in [3.63, 3.8) is 0 Å². The molecule has 0 bridgehead atoms. The van der Waals surface area contributed by atoms with Gasteiger partial charge in [-0.15, -0.1) is 0 Å². The van der Waals surface area contributed by atoms with Crippen molar-refractivity contribution in [1.82, 2.24) is 9.21 Å². The first-order chi connectivity index (χ1) is 10.1. The Morgan fingerprint density at radius 2 is 1.82 bits per heavy atom. The summed E-state index contributed by atoms with van der Waals surface area (Å²) >= 11 is 0.